The Bertz CT molecular complexity index is 520. The molecule has 2 aromatic rings. The molecule has 0 amide bonds. The van der Waals surface area contributed by atoms with Gasteiger partial charge in [-0.3, -0.25) is 0 Å². The van der Waals surface area contributed by atoms with E-state index in [0.29, 0.717) is 0 Å². The second kappa shape index (κ2) is 5.59. The van der Waals surface area contributed by atoms with Crippen molar-refractivity contribution in [2.45, 2.75) is 12.3 Å². The maximum absolute atomic E-state index is 6.45. The van der Waals surface area contributed by atoms with Crippen LogP contribution in [0.3, 0.4) is 0 Å². The summed E-state index contributed by atoms with van der Waals surface area (Å²) < 4.78 is 1.04. The second-order valence-electron chi connectivity index (χ2n) is 3.95. The fourth-order valence-corrected chi connectivity index (χ4v) is 2.40. The molecule has 3 heteroatoms. The predicted molar refractivity (Wildman–Crippen MR) is 83.0 cm³/mol. The molecular weight excluding hydrogens is 366 g/mol. The number of hydrogen-bond donors (Lipinski definition) is 0. The van der Waals surface area contributed by atoms with E-state index in [2.05, 4.69) is 53.8 Å². The van der Waals surface area contributed by atoms with Crippen LogP contribution in [-0.4, -0.2) is 0 Å². The Balaban J connectivity index is 2.33. The lowest BCUT2D eigenvalue weighted by Crippen LogP contribution is -1.93. The summed E-state index contributed by atoms with van der Waals surface area (Å²) in [7, 11) is 0. The molecule has 0 N–H and O–H groups in total. The standard InChI is InChI=1S/C14H11Cl2I/c1-9-2-4-10(5-3-9)14(16)11-6-7-13(17)12(15)8-11/h2-8,14H,1H3. The van der Waals surface area contributed by atoms with E-state index in [0.717, 1.165) is 19.7 Å². The molecule has 0 heterocycles. The molecule has 0 saturated carbocycles. The molecule has 1 atom stereocenters. The molecule has 0 nitrogen and oxygen atoms in total. The summed E-state index contributed by atoms with van der Waals surface area (Å²) in [5, 5.41) is 0.603. The average molecular weight is 377 g/mol. The third-order valence-corrected chi connectivity index (χ3v) is 4.68. The molecule has 0 aliphatic rings. The van der Waals surface area contributed by atoms with E-state index in [9.17, 15) is 0 Å². The number of halogens is 3. The Kier molecular flexibility index (Phi) is 4.34. The quantitative estimate of drug-likeness (QED) is 0.474. The highest BCUT2D eigenvalue weighted by Crippen LogP contribution is 2.31. The SMILES string of the molecule is Cc1ccc(C(Cl)c2ccc(I)c(Cl)c2)cc1. The lowest BCUT2D eigenvalue weighted by molar-refractivity contribution is 1.13. The Hall–Kier alpha value is -0.250. The topological polar surface area (TPSA) is 0 Å². The highest BCUT2D eigenvalue weighted by atomic mass is 127. The van der Waals surface area contributed by atoms with Crippen LogP contribution in [0.1, 0.15) is 22.1 Å². The van der Waals surface area contributed by atoms with Gasteiger partial charge in [0, 0.05) is 3.57 Å². The molecule has 0 fully saturated rings. The minimum absolute atomic E-state index is 0.148. The fourth-order valence-electron chi connectivity index (χ4n) is 1.60. The molecule has 0 aliphatic carbocycles. The number of rotatable bonds is 2. The van der Waals surface area contributed by atoms with Crippen molar-refractivity contribution in [1.29, 1.82) is 0 Å². The third kappa shape index (κ3) is 3.15. The van der Waals surface area contributed by atoms with Crippen LogP contribution in [-0.2, 0) is 0 Å². The molecule has 0 spiro atoms. The zero-order chi connectivity index (χ0) is 12.4. The Labute approximate surface area is 125 Å². The second-order valence-corrected chi connectivity index (χ2v) is 5.95. The summed E-state index contributed by atoms with van der Waals surface area (Å²) in [6, 6.07) is 14.2. The summed E-state index contributed by atoms with van der Waals surface area (Å²) in [4.78, 5) is 0. The molecular formula is C14H11Cl2I. The Morgan fingerprint density at radius 3 is 2.18 bits per heavy atom. The van der Waals surface area contributed by atoms with Crippen LogP contribution in [0, 0.1) is 10.5 Å². The van der Waals surface area contributed by atoms with E-state index < -0.39 is 0 Å². The van der Waals surface area contributed by atoms with Gasteiger partial charge in [0.25, 0.3) is 0 Å². The summed E-state index contributed by atoms with van der Waals surface area (Å²) in [6.07, 6.45) is 0. The van der Waals surface area contributed by atoms with Gasteiger partial charge in [0.05, 0.1) is 10.4 Å². The molecule has 17 heavy (non-hydrogen) atoms. The zero-order valence-electron chi connectivity index (χ0n) is 9.25. The first kappa shape index (κ1) is 13.2. The van der Waals surface area contributed by atoms with Crippen LogP contribution >= 0.6 is 45.8 Å². The molecule has 0 aliphatic heterocycles. The van der Waals surface area contributed by atoms with Gasteiger partial charge in [-0.15, -0.1) is 11.6 Å². The minimum Gasteiger partial charge on any atom is -0.113 e. The van der Waals surface area contributed by atoms with Gasteiger partial charge in [-0.25, -0.2) is 0 Å². The molecule has 0 saturated heterocycles. The van der Waals surface area contributed by atoms with E-state index in [4.69, 9.17) is 23.2 Å². The van der Waals surface area contributed by atoms with Crippen molar-refractivity contribution in [3.8, 4) is 0 Å². The number of hydrogen-bond acceptors (Lipinski definition) is 0. The van der Waals surface area contributed by atoms with Crippen LogP contribution in [0.25, 0.3) is 0 Å². The van der Waals surface area contributed by atoms with Gasteiger partial charge >= 0.3 is 0 Å². The van der Waals surface area contributed by atoms with Crippen LogP contribution in [0.2, 0.25) is 5.02 Å². The number of benzene rings is 2. The lowest BCUT2D eigenvalue weighted by Gasteiger charge is -2.11. The Morgan fingerprint density at radius 2 is 1.59 bits per heavy atom. The van der Waals surface area contributed by atoms with Crippen molar-refractivity contribution < 1.29 is 0 Å². The van der Waals surface area contributed by atoms with Crippen molar-refractivity contribution in [3.05, 3.63) is 67.7 Å². The summed E-state index contributed by atoms with van der Waals surface area (Å²) in [5.41, 5.74) is 3.36. The predicted octanol–water partition coefficient (Wildman–Crippen LogP) is 5.58. The lowest BCUT2D eigenvalue weighted by atomic mass is 10.0. The molecule has 2 aromatic carbocycles. The highest BCUT2D eigenvalue weighted by molar-refractivity contribution is 14.1. The first-order valence-electron chi connectivity index (χ1n) is 5.23. The van der Waals surface area contributed by atoms with Gasteiger partial charge in [0.1, 0.15) is 0 Å². The molecule has 1 unspecified atom stereocenters. The van der Waals surface area contributed by atoms with Gasteiger partial charge in [0.15, 0.2) is 0 Å². The maximum Gasteiger partial charge on any atom is 0.0835 e. The van der Waals surface area contributed by atoms with Crippen LogP contribution in [0.5, 0.6) is 0 Å². The van der Waals surface area contributed by atoms with Crippen LogP contribution in [0.15, 0.2) is 42.5 Å². The number of alkyl halides is 1. The molecule has 0 aromatic heterocycles. The van der Waals surface area contributed by atoms with Crippen molar-refractivity contribution in [3.63, 3.8) is 0 Å². The van der Waals surface area contributed by atoms with E-state index in [1.54, 1.807) is 0 Å². The third-order valence-electron chi connectivity index (χ3n) is 2.61. The first-order chi connectivity index (χ1) is 8.08. The number of aryl methyl sites for hydroxylation is 1. The van der Waals surface area contributed by atoms with Crippen LogP contribution < -0.4 is 0 Å². The van der Waals surface area contributed by atoms with Crippen LogP contribution in [0.4, 0.5) is 0 Å². The van der Waals surface area contributed by atoms with E-state index in [1.807, 2.05) is 18.2 Å². The van der Waals surface area contributed by atoms with Gasteiger partial charge < -0.3 is 0 Å². The molecule has 0 bridgehead atoms. The maximum atomic E-state index is 6.45. The van der Waals surface area contributed by atoms with Crippen molar-refractivity contribution >= 4 is 45.8 Å². The summed E-state index contributed by atoms with van der Waals surface area (Å²) in [5.74, 6) is 0. The van der Waals surface area contributed by atoms with Crippen molar-refractivity contribution in [1.82, 2.24) is 0 Å². The fraction of sp³-hybridized carbons (Fsp3) is 0.143. The minimum atomic E-state index is -0.148. The summed E-state index contributed by atoms with van der Waals surface area (Å²) >= 11 is 14.8. The van der Waals surface area contributed by atoms with Crippen molar-refractivity contribution in [2.75, 3.05) is 0 Å². The first-order valence-corrected chi connectivity index (χ1v) is 7.13. The normalized spacial score (nSPS) is 12.5. The average Bonchev–Trinajstić information content (AvgIpc) is 2.33. The van der Waals surface area contributed by atoms with Gasteiger partial charge in [0.2, 0.25) is 0 Å². The molecule has 88 valence electrons. The molecule has 2 rings (SSSR count). The van der Waals surface area contributed by atoms with Gasteiger partial charge in [-0.1, -0.05) is 47.5 Å². The van der Waals surface area contributed by atoms with E-state index >= 15 is 0 Å². The molecule has 0 radical (unpaired) electrons. The smallest absolute Gasteiger partial charge is 0.0835 e. The summed E-state index contributed by atoms with van der Waals surface area (Å²) in [6.45, 7) is 2.06. The monoisotopic (exact) mass is 376 g/mol. The largest absolute Gasteiger partial charge is 0.113 e. The highest BCUT2D eigenvalue weighted by Gasteiger charge is 2.11. The Morgan fingerprint density at radius 1 is 1.00 bits per heavy atom. The van der Waals surface area contributed by atoms with E-state index in [-0.39, 0.29) is 5.38 Å². The van der Waals surface area contributed by atoms with Gasteiger partial charge in [-0.2, -0.15) is 0 Å². The van der Waals surface area contributed by atoms with Gasteiger partial charge in [-0.05, 0) is 52.8 Å². The van der Waals surface area contributed by atoms with E-state index in [1.165, 1.54) is 5.56 Å². The zero-order valence-corrected chi connectivity index (χ0v) is 12.9. The van der Waals surface area contributed by atoms with Crippen molar-refractivity contribution in [2.24, 2.45) is 0 Å².